The highest BCUT2D eigenvalue weighted by Crippen LogP contribution is 2.35. The third kappa shape index (κ3) is 7.02. The summed E-state index contributed by atoms with van der Waals surface area (Å²) in [6.07, 6.45) is 1.97. The molecule has 0 saturated carbocycles. The molecule has 2 aromatic carbocycles. The van der Waals surface area contributed by atoms with Crippen LogP contribution in [0.4, 0.5) is 0 Å². The molecule has 202 valence electrons. The highest BCUT2D eigenvalue weighted by atomic mass is 16.5. The molecule has 2 fully saturated rings. The number of β-amino-alcohol motifs (C(OH)–C–C–N with tert-alkyl or cyclic N) is 2. The smallest absolute Gasteiger partial charge is 0.321 e. The summed E-state index contributed by atoms with van der Waals surface area (Å²) >= 11 is 0. The first-order valence-electron chi connectivity index (χ1n) is 13.3. The highest BCUT2D eigenvalue weighted by Gasteiger charge is 2.35. The van der Waals surface area contributed by atoms with Crippen LogP contribution in [0.2, 0.25) is 0 Å². The van der Waals surface area contributed by atoms with Gasteiger partial charge < -0.3 is 29.7 Å². The molecule has 2 aliphatic heterocycles. The number of nitrogens with zero attached hydrogens (tertiary/aromatic N) is 2. The molecule has 1 unspecified atom stereocenters. The van der Waals surface area contributed by atoms with Crippen molar-refractivity contribution in [3.63, 3.8) is 0 Å². The maximum Gasteiger partial charge on any atom is 0.321 e. The Bertz CT molecular complexity index is 1060. The van der Waals surface area contributed by atoms with Crippen molar-refractivity contribution in [3.05, 3.63) is 47.5 Å². The van der Waals surface area contributed by atoms with Crippen LogP contribution in [0.5, 0.6) is 11.5 Å². The minimum absolute atomic E-state index is 0.189. The van der Waals surface area contributed by atoms with Crippen LogP contribution in [0.25, 0.3) is 11.1 Å². The van der Waals surface area contributed by atoms with Crippen molar-refractivity contribution in [1.82, 2.24) is 9.80 Å². The summed E-state index contributed by atoms with van der Waals surface area (Å²) in [6, 6.07) is 11.6. The van der Waals surface area contributed by atoms with Crippen LogP contribution in [0.15, 0.2) is 36.4 Å². The van der Waals surface area contributed by atoms with E-state index in [2.05, 4.69) is 30.9 Å². The minimum Gasteiger partial charge on any atom is -0.493 e. The lowest BCUT2D eigenvalue weighted by atomic mass is 9.95. The van der Waals surface area contributed by atoms with E-state index in [0.29, 0.717) is 32.7 Å². The lowest BCUT2D eigenvalue weighted by Gasteiger charge is -2.21. The third-order valence-corrected chi connectivity index (χ3v) is 7.50. The van der Waals surface area contributed by atoms with Gasteiger partial charge in [0.15, 0.2) is 0 Å². The molecule has 2 heterocycles. The summed E-state index contributed by atoms with van der Waals surface area (Å²) in [5, 5.41) is 28.9. The summed E-state index contributed by atoms with van der Waals surface area (Å²) in [5.41, 5.74) is 4.35. The number of aliphatic hydroxyl groups excluding tert-OH is 2. The zero-order chi connectivity index (χ0) is 26.4. The van der Waals surface area contributed by atoms with E-state index >= 15 is 0 Å². The molecule has 3 atom stereocenters. The lowest BCUT2D eigenvalue weighted by molar-refractivity contribution is -0.142. The van der Waals surface area contributed by atoms with Gasteiger partial charge in [0.25, 0.3) is 0 Å². The first-order chi connectivity index (χ1) is 17.8. The molecule has 0 spiro atoms. The Morgan fingerprint density at radius 3 is 2.03 bits per heavy atom. The highest BCUT2D eigenvalue weighted by molar-refractivity contribution is 5.75. The van der Waals surface area contributed by atoms with E-state index in [1.165, 1.54) is 0 Å². The van der Waals surface area contributed by atoms with E-state index < -0.39 is 18.1 Å². The quantitative estimate of drug-likeness (QED) is 0.373. The van der Waals surface area contributed by atoms with Crippen LogP contribution in [-0.4, -0.2) is 95.3 Å². The van der Waals surface area contributed by atoms with Crippen molar-refractivity contribution in [1.29, 1.82) is 0 Å². The standard InChI is InChI=1S/C29H40N2O6/c1-20-24(7-3-9-27(20)36-15-5-12-30-14-11-22(32)18-30)25-8-4-10-28(21(25)2)37-16-6-13-31-19-23(33)17-26(31)29(34)35/h3-4,7-10,22-23,26,32-33H,5-6,11-19H2,1-2H3,(H,34,35)/t22?,23-,26+/m1/s1. The number of likely N-dealkylation sites (tertiary alicyclic amines) is 2. The Hall–Kier alpha value is -2.65. The number of aliphatic carboxylic acids is 1. The molecular formula is C29H40N2O6. The van der Waals surface area contributed by atoms with Gasteiger partial charge in [0.2, 0.25) is 0 Å². The summed E-state index contributed by atoms with van der Waals surface area (Å²) in [6.45, 7) is 8.86. The molecule has 2 saturated heterocycles. The maximum absolute atomic E-state index is 11.4. The van der Waals surface area contributed by atoms with Crippen LogP contribution in [0.1, 0.15) is 36.8 Å². The Kier molecular flexibility index (Phi) is 9.43. The second kappa shape index (κ2) is 12.7. The van der Waals surface area contributed by atoms with Crippen LogP contribution >= 0.6 is 0 Å². The fourth-order valence-electron chi connectivity index (χ4n) is 5.44. The number of hydrogen-bond donors (Lipinski definition) is 3. The second-order valence-corrected chi connectivity index (χ2v) is 10.2. The van der Waals surface area contributed by atoms with Gasteiger partial charge in [0.1, 0.15) is 17.5 Å². The van der Waals surface area contributed by atoms with Crippen LogP contribution in [-0.2, 0) is 4.79 Å². The molecule has 2 aliphatic rings. The van der Waals surface area contributed by atoms with E-state index in [-0.39, 0.29) is 12.5 Å². The van der Waals surface area contributed by atoms with Gasteiger partial charge in [-0.3, -0.25) is 9.69 Å². The Morgan fingerprint density at radius 1 is 0.892 bits per heavy atom. The van der Waals surface area contributed by atoms with Gasteiger partial charge in [0, 0.05) is 39.1 Å². The molecule has 2 aromatic rings. The summed E-state index contributed by atoms with van der Waals surface area (Å²) in [7, 11) is 0. The normalized spacial score (nSPS) is 22.4. The summed E-state index contributed by atoms with van der Waals surface area (Å²) in [5.74, 6) is 0.812. The largest absolute Gasteiger partial charge is 0.493 e. The molecule has 8 nitrogen and oxygen atoms in total. The van der Waals surface area contributed by atoms with Gasteiger partial charge in [0.05, 0.1) is 25.4 Å². The average Bonchev–Trinajstić information content (AvgIpc) is 3.46. The van der Waals surface area contributed by atoms with E-state index in [1.54, 1.807) is 0 Å². The van der Waals surface area contributed by atoms with Gasteiger partial charge in [-0.1, -0.05) is 24.3 Å². The van der Waals surface area contributed by atoms with Crippen molar-refractivity contribution >= 4 is 5.97 Å². The molecule has 0 bridgehead atoms. The van der Waals surface area contributed by atoms with Crippen LogP contribution < -0.4 is 9.47 Å². The number of ether oxygens (including phenoxy) is 2. The van der Waals surface area contributed by atoms with Crippen molar-refractivity contribution in [2.45, 2.75) is 57.8 Å². The van der Waals surface area contributed by atoms with Crippen molar-refractivity contribution in [2.75, 3.05) is 45.9 Å². The first kappa shape index (κ1) is 27.4. The van der Waals surface area contributed by atoms with E-state index in [4.69, 9.17) is 9.47 Å². The number of hydrogen-bond acceptors (Lipinski definition) is 7. The molecule has 0 radical (unpaired) electrons. The van der Waals surface area contributed by atoms with Crippen molar-refractivity contribution in [3.8, 4) is 22.6 Å². The fraction of sp³-hybridized carbons (Fsp3) is 0.552. The molecular weight excluding hydrogens is 472 g/mol. The molecule has 0 aliphatic carbocycles. The molecule has 3 N–H and O–H groups in total. The lowest BCUT2D eigenvalue weighted by Crippen LogP contribution is -2.37. The van der Waals surface area contributed by atoms with Gasteiger partial charge in [-0.2, -0.15) is 0 Å². The number of aliphatic hydroxyl groups is 2. The maximum atomic E-state index is 11.4. The van der Waals surface area contributed by atoms with E-state index in [1.807, 2.05) is 29.2 Å². The Balaban J connectivity index is 1.32. The van der Waals surface area contributed by atoms with E-state index in [0.717, 1.165) is 66.2 Å². The van der Waals surface area contributed by atoms with Crippen LogP contribution in [0, 0.1) is 13.8 Å². The average molecular weight is 513 g/mol. The predicted molar refractivity (Wildman–Crippen MR) is 142 cm³/mol. The third-order valence-electron chi connectivity index (χ3n) is 7.50. The van der Waals surface area contributed by atoms with Crippen LogP contribution in [0.3, 0.4) is 0 Å². The Labute approximate surface area is 219 Å². The van der Waals surface area contributed by atoms with Gasteiger partial charge in [-0.05, 0) is 67.5 Å². The topological polar surface area (TPSA) is 103 Å². The Morgan fingerprint density at radius 2 is 1.49 bits per heavy atom. The van der Waals surface area contributed by atoms with E-state index in [9.17, 15) is 20.1 Å². The van der Waals surface area contributed by atoms with Gasteiger partial charge in [-0.25, -0.2) is 0 Å². The summed E-state index contributed by atoms with van der Waals surface area (Å²) < 4.78 is 12.2. The van der Waals surface area contributed by atoms with Crippen molar-refractivity contribution < 1.29 is 29.6 Å². The number of carboxylic acids is 1. The molecule has 0 amide bonds. The zero-order valence-corrected chi connectivity index (χ0v) is 21.9. The molecule has 0 aromatic heterocycles. The predicted octanol–water partition coefficient (Wildman–Crippen LogP) is 3.09. The minimum atomic E-state index is -0.881. The molecule has 37 heavy (non-hydrogen) atoms. The second-order valence-electron chi connectivity index (χ2n) is 10.2. The SMILES string of the molecule is Cc1c(OCCCN2CCC(O)C2)cccc1-c1cccc(OCCCN2C[C@H](O)C[C@H]2C(=O)O)c1C. The van der Waals surface area contributed by atoms with Gasteiger partial charge in [-0.15, -0.1) is 0 Å². The summed E-state index contributed by atoms with van der Waals surface area (Å²) in [4.78, 5) is 15.5. The number of carbonyl (C=O) groups is 1. The first-order valence-corrected chi connectivity index (χ1v) is 13.3. The number of carboxylic acid groups (broad SMARTS) is 1. The number of rotatable bonds is 12. The molecule has 4 rings (SSSR count). The fourth-order valence-corrected chi connectivity index (χ4v) is 5.44. The van der Waals surface area contributed by atoms with Crippen molar-refractivity contribution in [2.24, 2.45) is 0 Å². The zero-order valence-electron chi connectivity index (χ0n) is 21.9. The molecule has 8 heteroatoms. The van der Waals surface area contributed by atoms with Gasteiger partial charge >= 0.3 is 5.97 Å². The monoisotopic (exact) mass is 512 g/mol. The number of benzene rings is 2.